The van der Waals surface area contributed by atoms with Gasteiger partial charge in [-0.2, -0.15) is 0 Å². The Balaban J connectivity index is 0.00000196. The number of benzene rings is 2. The van der Waals surface area contributed by atoms with Gasteiger partial charge in [-0.05, 0) is 52.9 Å². The summed E-state index contributed by atoms with van der Waals surface area (Å²) in [6, 6.07) is 18.8. The monoisotopic (exact) mass is 429 g/mol. The minimum atomic E-state index is 0. The molecule has 26 heavy (non-hydrogen) atoms. The summed E-state index contributed by atoms with van der Waals surface area (Å²) < 4.78 is 10.9. The molecule has 0 aliphatic carbocycles. The lowest BCUT2D eigenvalue weighted by atomic mass is 10.2. The summed E-state index contributed by atoms with van der Waals surface area (Å²) in [6.45, 7) is 3.03. The molecule has 4 aromatic rings. The van der Waals surface area contributed by atoms with Gasteiger partial charge in [-0.15, -0.1) is 0 Å². The number of nitrogens with zero attached hydrogens (tertiary/aromatic N) is 3. The second kappa shape index (κ2) is 7.60. The van der Waals surface area contributed by atoms with E-state index < -0.39 is 0 Å². The number of halogens is 1. The van der Waals surface area contributed by atoms with Crippen LogP contribution >= 0.6 is 11.3 Å². The lowest BCUT2D eigenvalue weighted by molar-refractivity contribution is -0.627. The molecule has 134 valence electrons. The molecule has 2 aromatic carbocycles. The van der Waals surface area contributed by atoms with E-state index in [1.54, 1.807) is 18.4 Å². The number of ether oxygens (including phenoxy) is 1. The molecule has 0 bridgehead atoms. The van der Waals surface area contributed by atoms with Gasteiger partial charge in [0.25, 0.3) is 0 Å². The summed E-state index contributed by atoms with van der Waals surface area (Å²) in [4.78, 5) is 4.96. The number of methoxy groups -OCH3 is 1. The number of aryl methyl sites for hydroxylation is 2. The summed E-state index contributed by atoms with van der Waals surface area (Å²) in [5.41, 5.74) is 3.33. The standard InChI is InChI=1S/C20H20N3OS.BrH/c1-4-23-16-8-6-5-7-14(16)9-12-19(23)21-20-22(2)17-11-10-15(24-3)13-18(17)25-20;/h5-13H,4H2,1-3H3;1H/q+1;/p-1. The fourth-order valence-corrected chi connectivity index (χ4v) is 4.18. The fourth-order valence-electron chi connectivity index (χ4n) is 3.13. The van der Waals surface area contributed by atoms with Crippen molar-refractivity contribution in [2.75, 3.05) is 7.11 Å². The quantitative estimate of drug-likeness (QED) is 0.446. The summed E-state index contributed by atoms with van der Waals surface area (Å²) in [6.07, 6.45) is 0. The molecule has 0 saturated heterocycles. The van der Waals surface area contributed by atoms with Crippen LogP contribution in [0.1, 0.15) is 6.92 Å². The molecule has 2 aromatic heterocycles. The van der Waals surface area contributed by atoms with Crippen LogP contribution in [-0.4, -0.2) is 11.7 Å². The number of pyridine rings is 1. The Morgan fingerprint density at radius 2 is 1.92 bits per heavy atom. The number of hydrogen-bond donors (Lipinski definition) is 0. The van der Waals surface area contributed by atoms with Gasteiger partial charge in [0, 0.05) is 18.7 Å². The SMILES string of the molecule is CCn1c(=Nc2sc3cc(OC)ccc3[n+]2C)ccc2ccccc21.[Br-]. The molecule has 0 N–H and O–H groups in total. The topological polar surface area (TPSA) is 30.4 Å². The van der Waals surface area contributed by atoms with Gasteiger partial charge in [0.15, 0.2) is 0 Å². The van der Waals surface area contributed by atoms with Crippen LogP contribution in [-0.2, 0) is 13.6 Å². The van der Waals surface area contributed by atoms with Gasteiger partial charge >= 0.3 is 5.13 Å². The highest BCUT2D eigenvalue weighted by Crippen LogP contribution is 2.28. The van der Waals surface area contributed by atoms with E-state index in [1.165, 1.54) is 15.6 Å². The number of rotatable bonds is 3. The molecular weight excluding hydrogens is 410 g/mol. The van der Waals surface area contributed by atoms with Gasteiger partial charge in [0.05, 0.1) is 24.4 Å². The first kappa shape index (κ1) is 18.6. The zero-order valence-electron chi connectivity index (χ0n) is 14.9. The molecule has 0 atom stereocenters. The molecule has 0 fully saturated rings. The number of hydrogen-bond acceptors (Lipinski definition) is 3. The third-order valence-electron chi connectivity index (χ3n) is 4.46. The van der Waals surface area contributed by atoms with E-state index >= 15 is 0 Å². The Hall–Kier alpha value is -2.18. The fraction of sp³-hybridized carbons (Fsp3) is 0.200. The van der Waals surface area contributed by atoms with Gasteiger partial charge in [-0.25, -0.2) is 4.57 Å². The summed E-state index contributed by atoms with van der Waals surface area (Å²) >= 11 is 1.68. The van der Waals surface area contributed by atoms with E-state index in [-0.39, 0.29) is 17.0 Å². The van der Waals surface area contributed by atoms with Crippen LogP contribution in [0.2, 0.25) is 0 Å². The molecule has 0 saturated carbocycles. The normalized spacial score (nSPS) is 11.7. The third kappa shape index (κ3) is 3.15. The van der Waals surface area contributed by atoms with Crippen molar-refractivity contribution in [3.63, 3.8) is 0 Å². The van der Waals surface area contributed by atoms with Gasteiger partial charge in [-0.1, -0.05) is 18.2 Å². The van der Waals surface area contributed by atoms with E-state index in [4.69, 9.17) is 9.73 Å². The van der Waals surface area contributed by atoms with Crippen LogP contribution in [0.15, 0.2) is 59.6 Å². The van der Waals surface area contributed by atoms with Crippen molar-refractivity contribution in [2.45, 2.75) is 13.5 Å². The molecule has 4 rings (SSSR count). The minimum absolute atomic E-state index is 0. The van der Waals surface area contributed by atoms with E-state index in [9.17, 15) is 0 Å². The predicted molar refractivity (Wildman–Crippen MR) is 102 cm³/mol. The number of thiazole rings is 1. The highest BCUT2D eigenvalue weighted by Gasteiger charge is 2.16. The average molecular weight is 430 g/mol. The summed E-state index contributed by atoms with van der Waals surface area (Å²) in [5, 5.41) is 2.20. The summed E-state index contributed by atoms with van der Waals surface area (Å²) in [7, 11) is 3.75. The van der Waals surface area contributed by atoms with Crippen LogP contribution in [0.5, 0.6) is 5.75 Å². The van der Waals surface area contributed by atoms with Gasteiger partial charge < -0.3 is 26.3 Å². The smallest absolute Gasteiger partial charge is 0.385 e. The molecule has 0 aliphatic heterocycles. The first-order chi connectivity index (χ1) is 12.2. The maximum atomic E-state index is 5.34. The Morgan fingerprint density at radius 1 is 1.12 bits per heavy atom. The number of fused-ring (bicyclic) bond motifs is 2. The minimum Gasteiger partial charge on any atom is -1.00 e. The van der Waals surface area contributed by atoms with Crippen LogP contribution in [0.4, 0.5) is 5.13 Å². The van der Waals surface area contributed by atoms with Crippen LogP contribution in [0, 0.1) is 0 Å². The zero-order chi connectivity index (χ0) is 17.4. The molecule has 0 unspecified atom stereocenters. The van der Waals surface area contributed by atoms with E-state index in [2.05, 4.69) is 71.6 Å². The molecule has 4 nitrogen and oxygen atoms in total. The van der Waals surface area contributed by atoms with Gasteiger partial charge in [-0.3, -0.25) is 0 Å². The number of aromatic nitrogens is 2. The van der Waals surface area contributed by atoms with Crippen molar-refractivity contribution < 1.29 is 26.3 Å². The van der Waals surface area contributed by atoms with Crippen molar-refractivity contribution in [2.24, 2.45) is 12.0 Å². The number of para-hydroxylation sites is 1. The molecule has 0 aliphatic rings. The van der Waals surface area contributed by atoms with Crippen LogP contribution in [0.25, 0.3) is 21.1 Å². The maximum Gasteiger partial charge on any atom is 0.385 e. The first-order valence-corrected chi connectivity index (χ1v) is 9.13. The Bertz CT molecular complexity index is 1150. The Labute approximate surface area is 166 Å². The highest BCUT2D eigenvalue weighted by molar-refractivity contribution is 7.21. The van der Waals surface area contributed by atoms with Crippen molar-refractivity contribution >= 4 is 37.6 Å². The van der Waals surface area contributed by atoms with E-state index in [1.807, 2.05) is 6.07 Å². The Morgan fingerprint density at radius 3 is 2.69 bits per heavy atom. The van der Waals surface area contributed by atoms with Gasteiger partial charge in [0.2, 0.25) is 5.49 Å². The highest BCUT2D eigenvalue weighted by atomic mass is 79.9. The zero-order valence-corrected chi connectivity index (χ0v) is 17.3. The first-order valence-electron chi connectivity index (χ1n) is 8.31. The third-order valence-corrected chi connectivity index (χ3v) is 5.55. The van der Waals surface area contributed by atoms with Crippen molar-refractivity contribution in [3.8, 4) is 5.75 Å². The van der Waals surface area contributed by atoms with Crippen LogP contribution < -0.4 is 31.8 Å². The molecule has 2 heterocycles. The van der Waals surface area contributed by atoms with E-state index in [0.717, 1.165) is 28.4 Å². The largest absolute Gasteiger partial charge is 1.00 e. The maximum absolute atomic E-state index is 5.34. The molecule has 6 heteroatoms. The summed E-state index contributed by atoms with van der Waals surface area (Å²) in [5.74, 6) is 0.871. The van der Waals surface area contributed by atoms with Gasteiger partial charge in [0.1, 0.15) is 11.3 Å². The second-order valence-electron chi connectivity index (χ2n) is 5.88. The Kier molecular flexibility index (Phi) is 5.44. The van der Waals surface area contributed by atoms with Crippen LogP contribution in [0.3, 0.4) is 0 Å². The lowest BCUT2D eigenvalue weighted by Gasteiger charge is -2.06. The molecule has 0 amide bonds. The van der Waals surface area contributed by atoms with E-state index in [0.29, 0.717) is 0 Å². The second-order valence-corrected chi connectivity index (χ2v) is 6.89. The van der Waals surface area contributed by atoms with Crippen molar-refractivity contribution in [3.05, 3.63) is 60.1 Å². The van der Waals surface area contributed by atoms with Crippen molar-refractivity contribution in [1.29, 1.82) is 0 Å². The molecule has 0 radical (unpaired) electrons. The predicted octanol–water partition coefficient (Wildman–Crippen LogP) is 0.945. The lowest BCUT2D eigenvalue weighted by Crippen LogP contribution is -3.00. The average Bonchev–Trinajstić information content (AvgIpc) is 2.96. The molecule has 0 spiro atoms. The molecular formula is C20H20BrN3OS. The van der Waals surface area contributed by atoms with Crippen molar-refractivity contribution in [1.82, 2.24) is 4.57 Å².